The first kappa shape index (κ1) is 22.8. The zero-order valence-corrected chi connectivity index (χ0v) is 19.0. The summed E-state index contributed by atoms with van der Waals surface area (Å²) in [6.45, 7) is 1.39. The fourth-order valence-electron chi connectivity index (χ4n) is 3.21. The molecule has 0 radical (unpaired) electrons. The Kier molecular flexibility index (Phi) is 7.22. The van der Waals surface area contributed by atoms with Crippen LogP contribution in [0.5, 0.6) is 0 Å². The van der Waals surface area contributed by atoms with Crippen LogP contribution >= 0.6 is 23.4 Å². The first-order chi connectivity index (χ1) is 16.0. The van der Waals surface area contributed by atoms with Crippen LogP contribution in [0, 0.1) is 11.3 Å². The fourth-order valence-corrected chi connectivity index (χ4v) is 4.03. The molecule has 3 heterocycles. The smallest absolute Gasteiger partial charge is 0.316 e. The molecule has 1 amide bonds. The van der Waals surface area contributed by atoms with Crippen LogP contribution in [-0.4, -0.2) is 60.3 Å². The van der Waals surface area contributed by atoms with Gasteiger partial charge in [-0.05, 0) is 36.4 Å². The van der Waals surface area contributed by atoms with E-state index >= 15 is 0 Å². The van der Waals surface area contributed by atoms with E-state index in [-0.39, 0.29) is 29.9 Å². The summed E-state index contributed by atoms with van der Waals surface area (Å²) in [5.74, 6) is 0.377. The molecule has 1 saturated heterocycles. The summed E-state index contributed by atoms with van der Waals surface area (Å²) < 4.78 is 16.1. The number of halogens is 1. The Balaban J connectivity index is 1.24. The lowest BCUT2D eigenvalue weighted by molar-refractivity contribution is -0.150. The second-order valence-corrected chi connectivity index (χ2v) is 8.52. The monoisotopic (exact) mass is 486 g/mol. The predicted octanol–water partition coefficient (Wildman–Crippen LogP) is 3.44. The van der Waals surface area contributed by atoms with E-state index in [1.807, 2.05) is 23.1 Å². The van der Waals surface area contributed by atoms with Crippen molar-refractivity contribution >= 4 is 41.1 Å². The highest BCUT2D eigenvalue weighted by Crippen LogP contribution is 2.29. The fraction of sp³-hybridized carbons (Fsp3) is 0.273. The molecule has 0 spiro atoms. The molecule has 1 fully saturated rings. The topological polar surface area (TPSA) is 113 Å². The number of carbonyl (C=O) groups excluding carboxylic acids is 2. The maximum absolute atomic E-state index is 12.4. The number of hydrogen-bond acceptors (Lipinski definition) is 9. The normalized spacial score (nSPS) is 13.6. The minimum atomic E-state index is -0.465. The van der Waals surface area contributed by atoms with Gasteiger partial charge in [-0.3, -0.25) is 9.59 Å². The van der Waals surface area contributed by atoms with Crippen LogP contribution in [0.15, 0.2) is 56.4 Å². The summed E-state index contributed by atoms with van der Waals surface area (Å²) in [5.41, 5.74) is 0.160. The first-order valence-corrected chi connectivity index (χ1v) is 11.4. The van der Waals surface area contributed by atoms with Crippen LogP contribution in [-0.2, 0) is 14.3 Å². The Labute approximate surface area is 198 Å². The van der Waals surface area contributed by atoms with Gasteiger partial charge in [-0.1, -0.05) is 11.6 Å². The van der Waals surface area contributed by atoms with Crippen LogP contribution in [0.4, 0.5) is 5.88 Å². The van der Waals surface area contributed by atoms with E-state index in [4.69, 9.17) is 25.2 Å². The highest BCUT2D eigenvalue weighted by molar-refractivity contribution is 8.00. The minimum Gasteiger partial charge on any atom is -0.459 e. The average molecular weight is 487 g/mol. The highest BCUT2D eigenvalue weighted by atomic mass is 35.5. The van der Waals surface area contributed by atoms with E-state index in [0.717, 1.165) is 4.90 Å². The van der Waals surface area contributed by atoms with E-state index in [9.17, 15) is 14.9 Å². The van der Waals surface area contributed by atoms with Crippen molar-refractivity contribution in [3.05, 3.63) is 53.4 Å². The number of furan rings is 1. The van der Waals surface area contributed by atoms with Crippen molar-refractivity contribution in [3.8, 4) is 17.7 Å². The molecule has 9 nitrogen and oxygen atoms in total. The second-order valence-electron chi connectivity index (χ2n) is 7.03. The van der Waals surface area contributed by atoms with Crippen molar-refractivity contribution in [3.63, 3.8) is 0 Å². The number of benzene rings is 1. The number of hydrogen-bond donors (Lipinski definition) is 0. The number of nitriles is 1. The van der Waals surface area contributed by atoms with Gasteiger partial charge in [-0.2, -0.15) is 10.2 Å². The van der Waals surface area contributed by atoms with Gasteiger partial charge in [0, 0.05) is 36.1 Å². The summed E-state index contributed by atoms with van der Waals surface area (Å²) in [4.78, 5) is 33.0. The lowest BCUT2D eigenvalue weighted by atomic mass is 10.3. The zero-order chi connectivity index (χ0) is 23.2. The molecule has 0 unspecified atom stereocenters. The number of rotatable bonds is 7. The number of aromatic nitrogens is 1. The molecule has 0 bridgehead atoms. The minimum absolute atomic E-state index is 0.100. The summed E-state index contributed by atoms with van der Waals surface area (Å²) in [6, 6.07) is 12.6. The van der Waals surface area contributed by atoms with Gasteiger partial charge in [0.1, 0.15) is 6.07 Å². The number of carbonyl (C=O) groups is 2. The number of amides is 1. The molecule has 170 valence electrons. The second kappa shape index (κ2) is 10.5. The van der Waals surface area contributed by atoms with Crippen molar-refractivity contribution in [1.29, 1.82) is 5.26 Å². The Bertz CT molecular complexity index is 1150. The number of ether oxygens (including phenoxy) is 1. The van der Waals surface area contributed by atoms with Gasteiger partial charge in [-0.15, -0.1) is 11.8 Å². The van der Waals surface area contributed by atoms with Gasteiger partial charge in [0.25, 0.3) is 11.8 Å². The average Bonchev–Trinajstić information content (AvgIpc) is 3.52. The molecule has 33 heavy (non-hydrogen) atoms. The predicted molar refractivity (Wildman–Crippen MR) is 121 cm³/mol. The molecule has 4 rings (SSSR count). The van der Waals surface area contributed by atoms with Gasteiger partial charge in [0.05, 0.1) is 12.0 Å². The number of nitrogens with zero attached hydrogens (tertiary/aromatic N) is 4. The Morgan fingerprint density at radius 1 is 1.18 bits per heavy atom. The maximum Gasteiger partial charge on any atom is 0.316 e. The molecule has 0 atom stereocenters. The maximum atomic E-state index is 12.4. The molecule has 1 aliphatic heterocycles. The summed E-state index contributed by atoms with van der Waals surface area (Å²) in [6.07, 6.45) is 1.50. The Morgan fingerprint density at radius 3 is 2.61 bits per heavy atom. The summed E-state index contributed by atoms with van der Waals surface area (Å²) in [7, 11) is 0. The van der Waals surface area contributed by atoms with Crippen LogP contribution in [0.3, 0.4) is 0 Å². The lowest BCUT2D eigenvalue weighted by Gasteiger charge is -2.34. The first-order valence-electron chi connectivity index (χ1n) is 10.0. The molecule has 1 aliphatic rings. The largest absolute Gasteiger partial charge is 0.459 e. The van der Waals surface area contributed by atoms with E-state index in [0.29, 0.717) is 42.8 Å². The highest BCUT2D eigenvalue weighted by Gasteiger charge is 2.27. The SMILES string of the molecule is N#Cc1nc(-c2ccco2)oc1N1CCN(C(=O)COC(=O)CSc2ccc(Cl)cc2)CC1. The standard InChI is InChI=1S/C22H19ClN4O5S/c23-15-3-5-16(6-4-15)33-14-20(29)31-13-19(28)26-7-9-27(10-8-26)22-17(12-24)25-21(32-22)18-2-1-11-30-18/h1-6,11H,7-10,13-14H2. The van der Waals surface area contributed by atoms with Crippen molar-refractivity contribution in [2.45, 2.75) is 4.90 Å². The number of anilines is 1. The van der Waals surface area contributed by atoms with E-state index in [1.54, 1.807) is 29.2 Å². The van der Waals surface area contributed by atoms with Gasteiger partial charge in [0.15, 0.2) is 12.4 Å². The molecule has 0 saturated carbocycles. The van der Waals surface area contributed by atoms with Crippen LogP contribution in [0.25, 0.3) is 11.7 Å². The molecular formula is C22H19ClN4O5S. The zero-order valence-electron chi connectivity index (χ0n) is 17.4. The summed E-state index contributed by atoms with van der Waals surface area (Å²) >= 11 is 7.15. The van der Waals surface area contributed by atoms with Gasteiger partial charge in [0.2, 0.25) is 11.6 Å². The number of thioether (sulfide) groups is 1. The van der Waals surface area contributed by atoms with Gasteiger partial charge in [-0.25, -0.2) is 0 Å². The van der Waals surface area contributed by atoms with E-state index in [2.05, 4.69) is 4.98 Å². The number of oxazole rings is 1. The van der Waals surface area contributed by atoms with Crippen molar-refractivity contribution in [1.82, 2.24) is 9.88 Å². The van der Waals surface area contributed by atoms with Crippen LogP contribution in [0.2, 0.25) is 5.02 Å². The Hall–Kier alpha value is -3.42. The lowest BCUT2D eigenvalue weighted by Crippen LogP contribution is -2.50. The quantitative estimate of drug-likeness (QED) is 0.366. The number of esters is 1. The third-order valence-corrected chi connectivity index (χ3v) is 6.13. The molecule has 0 aliphatic carbocycles. The third-order valence-electron chi connectivity index (χ3n) is 4.89. The summed E-state index contributed by atoms with van der Waals surface area (Å²) in [5, 5.41) is 10.0. The number of piperazine rings is 1. The third kappa shape index (κ3) is 5.69. The van der Waals surface area contributed by atoms with Crippen molar-refractivity contribution in [2.24, 2.45) is 0 Å². The Morgan fingerprint density at radius 2 is 1.94 bits per heavy atom. The molecule has 0 N–H and O–H groups in total. The van der Waals surface area contributed by atoms with E-state index in [1.165, 1.54) is 18.0 Å². The molecule has 1 aromatic carbocycles. The van der Waals surface area contributed by atoms with Gasteiger partial charge < -0.3 is 23.4 Å². The molecule has 2 aromatic heterocycles. The van der Waals surface area contributed by atoms with E-state index < -0.39 is 5.97 Å². The van der Waals surface area contributed by atoms with Gasteiger partial charge >= 0.3 is 5.97 Å². The molecule has 11 heteroatoms. The van der Waals surface area contributed by atoms with Crippen molar-refractivity contribution in [2.75, 3.05) is 43.4 Å². The molecule has 3 aromatic rings. The van der Waals surface area contributed by atoms with Crippen LogP contribution in [0.1, 0.15) is 5.69 Å². The molecular weight excluding hydrogens is 468 g/mol. The van der Waals surface area contributed by atoms with Crippen molar-refractivity contribution < 1.29 is 23.2 Å². The van der Waals surface area contributed by atoms with Crippen LogP contribution < -0.4 is 4.90 Å².